The smallest absolute Gasteiger partial charge is 0.361 e. The molecule has 106 valence electrons. The van der Waals surface area contributed by atoms with E-state index in [9.17, 15) is 13.6 Å². The van der Waals surface area contributed by atoms with Crippen molar-refractivity contribution in [3.05, 3.63) is 11.4 Å². The van der Waals surface area contributed by atoms with Gasteiger partial charge in [0.15, 0.2) is 5.69 Å². The Bertz CT molecular complexity index is 444. The Kier molecular flexibility index (Phi) is 4.41. The standard InChI is InChI=1S/C11H15F2N3O3/c1-2-19-11(17)8-9(10(12)13)16(15-14-8)7-3-5-18-6-4-7/h7,10H,2-6H2,1H3. The monoisotopic (exact) mass is 275 g/mol. The SMILES string of the molecule is CCOC(=O)c1nnn(C2CCOCC2)c1C(F)F. The van der Waals surface area contributed by atoms with Crippen LogP contribution in [0.4, 0.5) is 8.78 Å². The quantitative estimate of drug-likeness (QED) is 0.783. The zero-order valence-electron chi connectivity index (χ0n) is 10.5. The van der Waals surface area contributed by atoms with Gasteiger partial charge in [0.1, 0.15) is 5.69 Å². The van der Waals surface area contributed by atoms with Gasteiger partial charge in [0, 0.05) is 13.2 Å². The predicted octanol–water partition coefficient (Wildman–Crippen LogP) is 1.74. The van der Waals surface area contributed by atoms with E-state index >= 15 is 0 Å². The van der Waals surface area contributed by atoms with Crippen LogP contribution in [0.2, 0.25) is 0 Å². The molecule has 6 nitrogen and oxygen atoms in total. The molecule has 0 spiro atoms. The minimum Gasteiger partial charge on any atom is -0.461 e. The van der Waals surface area contributed by atoms with Gasteiger partial charge >= 0.3 is 5.97 Å². The third kappa shape index (κ3) is 2.89. The Morgan fingerprint density at radius 3 is 2.79 bits per heavy atom. The second-order valence-corrected chi connectivity index (χ2v) is 4.13. The predicted molar refractivity (Wildman–Crippen MR) is 60.0 cm³/mol. The molecule has 0 amide bonds. The molecule has 1 aromatic heterocycles. The minimum absolute atomic E-state index is 0.103. The van der Waals surface area contributed by atoms with E-state index in [-0.39, 0.29) is 12.6 Å². The number of rotatable bonds is 4. The Balaban J connectivity index is 2.30. The molecule has 0 saturated carbocycles. The number of esters is 1. The summed E-state index contributed by atoms with van der Waals surface area (Å²) in [5.74, 6) is -0.865. The first kappa shape index (κ1) is 13.9. The van der Waals surface area contributed by atoms with Gasteiger partial charge < -0.3 is 9.47 Å². The van der Waals surface area contributed by atoms with E-state index in [0.717, 1.165) is 4.68 Å². The average molecular weight is 275 g/mol. The van der Waals surface area contributed by atoms with Gasteiger partial charge in [-0.2, -0.15) is 0 Å². The summed E-state index contributed by atoms with van der Waals surface area (Å²) in [6.45, 7) is 2.68. The molecular weight excluding hydrogens is 260 g/mol. The molecule has 1 aromatic rings. The number of halogens is 2. The summed E-state index contributed by atoms with van der Waals surface area (Å²) in [6.07, 6.45) is -1.67. The van der Waals surface area contributed by atoms with Crippen molar-refractivity contribution in [3.63, 3.8) is 0 Å². The third-order valence-electron chi connectivity index (χ3n) is 2.94. The minimum atomic E-state index is -2.82. The van der Waals surface area contributed by atoms with E-state index in [4.69, 9.17) is 9.47 Å². The molecule has 1 aliphatic heterocycles. The van der Waals surface area contributed by atoms with Gasteiger partial charge in [-0.1, -0.05) is 5.21 Å². The van der Waals surface area contributed by atoms with Crippen LogP contribution in [-0.4, -0.2) is 40.8 Å². The second kappa shape index (κ2) is 6.05. The van der Waals surface area contributed by atoms with Gasteiger partial charge in [0.25, 0.3) is 6.43 Å². The Hall–Kier alpha value is -1.57. The highest BCUT2D eigenvalue weighted by molar-refractivity contribution is 5.88. The Morgan fingerprint density at radius 2 is 2.21 bits per heavy atom. The highest BCUT2D eigenvalue weighted by atomic mass is 19.3. The molecule has 0 unspecified atom stereocenters. The van der Waals surface area contributed by atoms with E-state index in [1.54, 1.807) is 6.92 Å². The molecule has 8 heteroatoms. The van der Waals surface area contributed by atoms with E-state index in [0.29, 0.717) is 26.1 Å². The molecule has 0 N–H and O–H groups in total. The van der Waals surface area contributed by atoms with Crippen molar-refractivity contribution in [3.8, 4) is 0 Å². The Labute approximate surface area is 108 Å². The van der Waals surface area contributed by atoms with Crippen molar-refractivity contribution in [2.75, 3.05) is 19.8 Å². The summed E-state index contributed by atoms with van der Waals surface area (Å²) in [4.78, 5) is 11.6. The van der Waals surface area contributed by atoms with E-state index in [1.165, 1.54) is 0 Å². The number of nitrogens with zero attached hydrogens (tertiary/aromatic N) is 3. The first-order valence-electron chi connectivity index (χ1n) is 6.13. The highest BCUT2D eigenvalue weighted by Gasteiger charge is 2.31. The molecule has 19 heavy (non-hydrogen) atoms. The van der Waals surface area contributed by atoms with Crippen molar-refractivity contribution in [2.45, 2.75) is 32.2 Å². The topological polar surface area (TPSA) is 66.2 Å². The first-order chi connectivity index (χ1) is 9.15. The fraction of sp³-hybridized carbons (Fsp3) is 0.727. The maximum absolute atomic E-state index is 13.1. The molecule has 0 radical (unpaired) electrons. The lowest BCUT2D eigenvalue weighted by atomic mass is 10.1. The summed E-state index contributed by atoms with van der Waals surface area (Å²) in [5.41, 5.74) is -0.867. The summed E-state index contributed by atoms with van der Waals surface area (Å²) in [7, 11) is 0. The highest BCUT2D eigenvalue weighted by Crippen LogP contribution is 2.28. The number of carbonyl (C=O) groups excluding carboxylic acids is 1. The van der Waals surface area contributed by atoms with Crippen molar-refractivity contribution in [1.29, 1.82) is 0 Å². The molecule has 2 rings (SSSR count). The lowest BCUT2D eigenvalue weighted by Gasteiger charge is -2.23. The van der Waals surface area contributed by atoms with Crippen LogP contribution in [0.25, 0.3) is 0 Å². The van der Waals surface area contributed by atoms with Gasteiger partial charge in [-0.3, -0.25) is 0 Å². The zero-order valence-corrected chi connectivity index (χ0v) is 10.5. The average Bonchev–Trinajstić information content (AvgIpc) is 2.85. The van der Waals surface area contributed by atoms with Gasteiger partial charge in [-0.25, -0.2) is 18.3 Å². The lowest BCUT2D eigenvalue weighted by Crippen LogP contribution is -2.23. The van der Waals surface area contributed by atoms with Crippen LogP contribution in [0.3, 0.4) is 0 Å². The fourth-order valence-electron chi connectivity index (χ4n) is 2.05. The maximum atomic E-state index is 13.1. The first-order valence-corrected chi connectivity index (χ1v) is 6.13. The van der Waals surface area contributed by atoms with Crippen molar-refractivity contribution >= 4 is 5.97 Å². The molecule has 1 saturated heterocycles. The van der Waals surface area contributed by atoms with Gasteiger partial charge in [0.05, 0.1) is 12.6 Å². The van der Waals surface area contributed by atoms with Crippen LogP contribution in [0, 0.1) is 0 Å². The summed E-state index contributed by atoms with van der Waals surface area (Å²) in [5, 5.41) is 7.24. The molecule has 0 bridgehead atoms. The van der Waals surface area contributed by atoms with E-state index in [2.05, 4.69) is 10.3 Å². The molecule has 2 heterocycles. The third-order valence-corrected chi connectivity index (χ3v) is 2.94. The van der Waals surface area contributed by atoms with Crippen LogP contribution >= 0.6 is 0 Å². The lowest BCUT2D eigenvalue weighted by molar-refractivity contribution is 0.0496. The second-order valence-electron chi connectivity index (χ2n) is 4.13. The number of carbonyl (C=O) groups is 1. The molecule has 1 aliphatic rings. The van der Waals surface area contributed by atoms with Gasteiger partial charge in [0.2, 0.25) is 0 Å². The van der Waals surface area contributed by atoms with Crippen LogP contribution < -0.4 is 0 Å². The zero-order chi connectivity index (χ0) is 13.8. The molecule has 0 atom stereocenters. The summed E-state index contributed by atoms with van der Waals surface area (Å²) >= 11 is 0. The number of hydrogen-bond acceptors (Lipinski definition) is 5. The van der Waals surface area contributed by atoms with Crippen molar-refractivity contribution in [2.24, 2.45) is 0 Å². The molecule has 0 aliphatic carbocycles. The molecule has 1 fully saturated rings. The number of alkyl halides is 2. The summed E-state index contributed by atoms with van der Waals surface area (Å²) in [6, 6.07) is -0.214. The largest absolute Gasteiger partial charge is 0.461 e. The van der Waals surface area contributed by atoms with Gasteiger partial charge in [-0.15, -0.1) is 5.10 Å². The van der Waals surface area contributed by atoms with Crippen molar-refractivity contribution in [1.82, 2.24) is 15.0 Å². The number of ether oxygens (including phenoxy) is 2. The van der Waals surface area contributed by atoms with Gasteiger partial charge in [-0.05, 0) is 19.8 Å². The maximum Gasteiger partial charge on any atom is 0.361 e. The summed E-state index contributed by atoms with van der Waals surface area (Å²) < 4.78 is 37.3. The van der Waals surface area contributed by atoms with E-state index < -0.39 is 23.8 Å². The Morgan fingerprint density at radius 1 is 1.53 bits per heavy atom. The van der Waals surface area contributed by atoms with Crippen molar-refractivity contribution < 1.29 is 23.0 Å². The van der Waals surface area contributed by atoms with Crippen LogP contribution in [-0.2, 0) is 9.47 Å². The number of hydrogen-bond donors (Lipinski definition) is 0. The number of aromatic nitrogens is 3. The van der Waals surface area contributed by atoms with Crippen LogP contribution in [0.1, 0.15) is 48.4 Å². The fourth-order valence-corrected chi connectivity index (χ4v) is 2.05. The normalized spacial score (nSPS) is 16.8. The van der Waals surface area contributed by atoms with E-state index in [1.807, 2.05) is 0 Å². The van der Waals surface area contributed by atoms with Crippen LogP contribution in [0.15, 0.2) is 0 Å². The molecular formula is C11H15F2N3O3. The molecule has 0 aromatic carbocycles. The van der Waals surface area contributed by atoms with Crippen LogP contribution in [0.5, 0.6) is 0 Å².